The van der Waals surface area contributed by atoms with Crippen LogP contribution in [0.4, 0.5) is 4.79 Å². The molecule has 0 radical (unpaired) electrons. The van der Waals surface area contributed by atoms with Crippen LogP contribution < -0.4 is 5.32 Å². The summed E-state index contributed by atoms with van der Waals surface area (Å²) in [6.45, 7) is 6.63. The van der Waals surface area contributed by atoms with Gasteiger partial charge in [-0.2, -0.15) is 0 Å². The number of alkyl halides is 3. The molecule has 0 aromatic carbocycles. The van der Waals surface area contributed by atoms with E-state index in [0.717, 1.165) is 32.1 Å². The number of fused-ring (bicyclic) bond motifs is 5. The van der Waals surface area contributed by atoms with Gasteiger partial charge in [0.15, 0.2) is 0 Å². The topological polar surface area (TPSA) is 94.1 Å². The first kappa shape index (κ1) is 28.5. The molecule has 4 aliphatic rings. The molecule has 4 fully saturated rings. The van der Waals surface area contributed by atoms with E-state index in [4.69, 9.17) is 49.0 Å². The number of amides is 1. The zero-order valence-electron chi connectivity index (χ0n) is 21.6. The molecule has 4 rings (SSSR count). The molecule has 0 unspecified atom stereocenters. The van der Waals surface area contributed by atoms with Crippen molar-refractivity contribution in [3.05, 3.63) is 0 Å². The Balaban J connectivity index is 1.66. The van der Waals surface area contributed by atoms with Gasteiger partial charge < -0.3 is 24.6 Å². The lowest BCUT2D eigenvalue weighted by atomic mass is 9.43. The number of carbonyl (C=O) groups is 2. The molecule has 0 bridgehead atoms. The third-order valence-electron chi connectivity index (χ3n) is 10.2. The highest BCUT2D eigenvalue weighted by molar-refractivity contribution is 6.67. The van der Waals surface area contributed by atoms with Gasteiger partial charge in [-0.15, -0.1) is 0 Å². The van der Waals surface area contributed by atoms with Crippen LogP contribution >= 0.6 is 34.8 Å². The standard InChI is InChI=1S/C26H40Cl3NO6/c1-5-35-20-10-14-6-7-15-16-8-9-17(22(32)34-4)25(16,3)11-18(21(15)24(14,2)12-19(20)31)30-23(33)36-13-26(27,28)29/h14-21,31H,5-13H2,1-4H3,(H,30,33)/t14-,15-,16-,17+,18+,19-,20-,21+,24-,25-/m0/s1. The first-order chi connectivity index (χ1) is 16.8. The molecule has 0 saturated heterocycles. The van der Waals surface area contributed by atoms with Crippen LogP contribution in [0, 0.1) is 40.4 Å². The Hall–Kier alpha value is -0.470. The van der Waals surface area contributed by atoms with Crippen LogP contribution in [0.2, 0.25) is 0 Å². The summed E-state index contributed by atoms with van der Waals surface area (Å²) in [6.07, 6.45) is 4.55. The summed E-state index contributed by atoms with van der Waals surface area (Å²) in [5, 5.41) is 14.2. The third-order valence-corrected chi connectivity index (χ3v) is 10.5. The lowest BCUT2D eigenvalue weighted by Crippen LogP contribution is -2.64. The molecule has 206 valence electrons. The predicted octanol–water partition coefficient (Wildman–Crippen LogP) is 5.27. The highest BCUT2D eigenvalue weighted by atomic mass is 35.6. The Labute approximate surface area is 229 Å². The number of hydrogen-bond acceptors (Lipinski definition) is 6. The second-order valence-electron chi connectivity index (χ2n) is 11.9. The van der Waals surface area contributed by atoms with Crippen molar-refractivity contribution < 1.29 is 28.9 Å². The highest BCUT2D eigenvalue weighted by Gasteiger charge is 2.65. The van der Waals surface area contributed by atoms with Crippen molar-refractivity contribution in [3.63, 3.8) is 0 Å². The number of aliphatic hydroxyl groups is 1. The lowest BCUT2D eigenvalue weighted by Gasteiger charge is -2.63. The van der Waals surface area contributed by atoms with Gasteiger partial charge in [-0.3, -0.25) is 4.79 Å². The molecule has 10 atom stereocenters. The number of aliphatic hydroxyl groups excluding tert-OH is 1. The van der Waals surface area contributed by atoms with Crippen molar-refractivity contribution in [2.75, 3.05) is 20.3 Å². The number of carbonyl (C=O) groups excluding carboxylic acids is 2. The summed E-state index contributed by atoms with van der Waals surface area (Å²) in [5.74, 6) is 0.782. The first-order valence-corrected chi connectivity index (χ1v) is 14.3. The minimum Gasteiger partial charge on any atom is -0.469 e. The largest absolute Gasteiger partial charge is 0.469 e. The molecule has 4 aliphatic carbocycles. The van der Waals surface area contributed by atoms with Crippen molar-refractivity contribution >= 4 is 46.9 Å². The normalized spacial score (nSPS) is 44.1. The van der Waals surface area contributed by atoms with Gasteiger partial charge in [-0.05, 0) is 86.4 Å². The summed E-state index contributed by atoms with van der Waals surface area (Å²) >= 11 is 17.4. The zero-order chi connectivity index (χ0) is 26.5. The maximum absolute atomic E-state index is 12.9. The van der Waals surface area contributed by atoms with E-state index in [1.54, 1.807) is 0 Å². The number of methoxy groups -OCH3 is 1. The molecule has 0 aromatic heterocycles. The van der Waals surface area contributed by atoms with Crippen LogP contribution in [0.25, 0.3) is 0 Å². The van der Waals surface area contributed by atoms with Crippen LogP contribution in [-0.4, -0.2) is 59.5 Å². The SMILES string of the molecule is CCO[C@H]1C[C@@H]2CC[C@@H]3[C@H]([C@H](NC(=O)OCC(Cl)(Cl)Cl)C[C@]4(C)[C@@H](C(=O)OC)CC[C@@H]34)[C@@]2(C)C[C@@H]1O. The number of hydrogen-bond donors (Lipinski definition) is 2. The van der Waals surface area contributed by atoms with Crippen molar-refractivity contribution in [3.8, 4) is 0 Å². The fourth-order valence-corrected chi connectivity index (χ4v) is 9.01. The minimum absolute atomic E-state index is 0.128. The molecule has 2 N–H and O–H groups in total. The summed E-state index contributed by atoms with van der Waals surface area (Å²) < 4.78 is 14.6. The molecule has 10 heteroatoms. The molecular weight excluding hydrogens is 529 g/mol. The summed E-state index contributed by atoms with van der Waals surface area (Å²) in [7, 11) is 1.44. The van der Waals surface area contributed by atoms with Gasteiger partial charge >= 0.3 is 12.1 Å². The van der Waals surface area contributed by atoms with E-state index in [9.17, 15) is 14.7 Å². The molecule has 0 spiro atoms. The van der Waals surface area contributed by atoms with Crippen LogP contribution in [0.15, 0.2) is 0 Å². The smallest absolute Gasteiger partial charge is 0.407 e. The van der Waals surface area contributed by atoms with E-state index in [1.807, 2.05) is 6.92 Å². The van der Waals surface area contributed by atoms with E-state index in [-0.39, 0.29) is 47.4 Å². The third kappa shape index (κ3) is 5.21. The minimum atomic E-state index is -1.70. The predicted molar refractivity (Wildman–Crippen MR) is 138 cm³/mol. The summed E-state index contributed by atoms with van der Waals surface area (Å²) in [6, 6.07) is -0.243. The molecule has 4 saturated carbocycles. The molecule has 36 heavy (non-hydrogen) atoms. The van der Waals surface area contributed by atoms with Crippen LogP contribution in [0.1, 0.15) is 65.7 Å². The number of rotatable bonds is 5. The number of halogens is 3. The molecule has 0 aromatic rings. The molecule has 1 amide bonds. The molecule has 0 heterocycles. The second-order valence-corrected chi connectivity index (χ2v) is 14.4. The van der Waals surface area contributed by atoms with E-state index < -0.39 is 16.0 Å². The Bertz CT molecular complexity index is 839. The van der Waals surface area contributed by atoms with Crippen molar-refractivity contribution in [2.24, 2.45) is 40.4 Å². The quantitative estimate of drug-likeness (QED) is 0.347. The Morgan fingerprint density at radius 1 is 1.08 bits per heavy atom. The molecular formula is C26H40Cl3NO6. The van der Waals surface area contributed by atoms with Crippen molar-refractivity contribution in [1.82, 2.24) is 5.32 Å². The fraction of sp³-hybridized carbons (Fsp3) is 0.923. The fourth-order valence-electron chi connectivity index (χ4n) is 8.85. The molecule has 0 aliphatic heterocycles. The van der Waals surface area contributed by atoms with E-state index in [0.29, 0.717) is 37.2 Å². The lowest BCUT2D eigenvalue weighted by molar-refractivity contribution is -0.180. The van der Waals surface area contributed by atoms with Crippen LogP contribution in [0.3, 0.4) is 0 Å². The Kier molecular flexibility index (Phi) is 8.40. The molecule has 7 nitrogen and oxygen atoms in total. The van der Waals surface area contributed by atoms with Gasteiger partial charge in [0.1, 0.15) is 6.61 Å². The average Bonchev–Trinajstić information content (AvgIpc) is 3.14. The number of nitrogens with one attached hydrogen (secondary N) is 1. The van der Waals surface area contributed by atoms with E-state index in [1.165, 1.54) is 7.11 Å². The van der Waals surface area contributed by atoms with Crippen molar-refractivity contribution in [1.29, 1.82) is 0 Å². The Morgan fingerprint density at radius 3 is 2.44 bits per heavy atom. The maximum atomic E-state index is 12.9. The van der Waals surface area contributed by atoms with Gasteiger partial charge in [0.05, 0.1) is 25.2 Å². The van der Waals surface area contributed by atoms with Gasteiger partial charge in [0, 0.05) is 12.6 Å². The van der Waals surface area contributed by atoms with Gasteiger partial charge in [-0.25, -0.2) is 4.79 Å². The number of alkyl carbamates (subject to hydrolysis) is 1. The monoisotopic (exact) mass is 567 g/mol. The average molecular weight is 569 g/mol. The summed E-state index contributed by atoms with van der Waals surface area (Å²) in [4.78, 5) is 25.7. The Morgan fingerprint density at radius 2 is 1.81 bits per heavy atom. The first-order valence-electron chi connectivity index (χ1n) is 13.2. The van der Waals surface area contributed by atoms with Gasteiger partial charge in [0.25, 0.3) is 0 Å². The van der Waals surface area contributed by atoms with Gasteiger partial charge in [0.2, 0.25) is 3.79 Å². The van der Waals surface area contributed by atoms with Crippen LogP contribution in [-0.2, 0) is 19.0 Å². The van der Waals surface area contributed by atoms with E-state index in [2.05, 4.69) is 19.2 Å². The zero-order valence-corrected chi connectivity index (χ0v) is 23.9. The van der Waals surface area contributed by atoms with Crippen molar-refractivity contribution in [2.45, 2.75) is 87.8 Å². The summed E-state index contributed by atoms with van der Waals surface area (Å²) in [5.41, 5.74) is -0.487. The highest BCUT2D eigenvalue weighted by Crippen LogP contribution is 2.67. The number of esters is 1. The van der Waals surface area contributed by atoms with E-state index >= 15 is 0 Å². The maximum Gasteiger partial charge on any atom is 0.407 e. The second kappa shape index (κ2) is 10.6. The number of ether oxygens (including phenoxy) is 3. The van der Waals surface area contributed by atoms with Gasteiger partial charge in [-0.1, -0.05) is 48.7 Å². The van der Waals surface area contributed by atoms with Crippen LogP contribution in [0.5, 0.6) is 0 Å².